The van der Waals surface area contributed by atoms with Crippen LogP contribution in [0.25, 0.3) is 0 Å². The Bertz CT molecular complexity index is 361. The summed E-state index contributed by atoms with van der Waals surface area (Å²) < 4.78 is 37.2. The van der Waals surface area contributed by atoms with Crippen LogP contribution in [0, 0.1) is 0 Å². The summed E-state index contributed by atoms with van der Waals surface area (Å²) in [5.74, 6) is 0. The Balaban J connectivity index is 3.09. The number of rotatable bonds is 2. The summed E-state index contributed by atoms with van der Waals surface area (Å²) in [4.78, 5) is 6.24. The average Bonchev–Trinajstić information content (AvgIpc) is 2.03. The normalized spacial score (nSPS) is 11.2. The molecule has 1 rings (SSSR count). The van der Waals surface area contributed by atoms with Gasteiger partial charge in [-0.1, -0.05) is 0 Å². The van der Waals surface area contributed by atoms with E-state index in [2.05, 4.69) is 14.7 Å². The fourth-order valence-corrected chi connectivity index (χ4v) is 0.893. The smallest absolute Gasteiger partial charge is 0.335 e. The highest BCUT2D eigenvalue weighted by Crippen LogP contribution is 2.10. The molecule has 0 radical (unpaired) electrons. The molecule has 1 aromatic rings. The van der Waals surface area contributed by atoms with Gasteiger partial charge in [-0.15, -0.1) is 3.89 Å². The minimum atomic E-state index is -4.71. The van der Waals surface area contributed by atoms with Gasteiger partial charge < -0.3 is 4.74 Å². The zero-order valence-corrected chi connectivity index (χ0v) is 6.88. The first-order valence-corrected chi connectivity index (χ1v) is 4.23. The van der Waals surface area contributed by atoms with Crippen LogP contribution in [-0.2, 0) is 10.2 Å². The molecule has 0 unspecified atom stereocenters. The van der Waals surface area contributed by atoms with Crippen molar-refractivity contribution in [2.75, 3.05) is 7.11 Å². The molecule has 1 heterocycles. The van der Waals surface area contributed by atoms with Crippen LogP contribution >= 0.6 is 0 Å². The Morgan fingerprint density at radius 3 is 2.25 bits per heavy atom. The van der Waals surface area contributed by atoms with Crippen LogP contribution in [0.3, 0.4) is 0 Å². The fraction of sp³-hybridized carbons (Fsp3) is 0.200. The van der Waals surface area contributed by atoms with Gasteiger partial charge in [0.15, 0.2) is 0 Å². The van der Waals surface area contributed by atoms with E-state index >= 15 is 0 Å². The Kier molecular flexibility index (Phi) is 2.22. The maximum Gasteiger partial charge on any atom is 0.335 e. The first kappa shape index (κ1) is 8.85. The van der Waals surface area contributed by atoms with Crippen molar-refractivity contribution in [3.8, 4) is 6.01 Å². The molecule has 0 amide bonds. The lowest BCUT2D eigenvalue weighted by molar-refractivity contribution is 0.378. The molecule has 5 nitrogen and oxygen atoms in total. The van der Waals surface area contributed by atoms with Crippen LogP contribution in [0.15, 0.2) is 17.3 Å². The Hall–Kier alpha value is -1.24. The van der Waals surface area contributed by atoms with Crippen LogP contribution in [0.2, 0.25) is 0 Å². The summed E-state index contributed by atoms with van der Waals surface area (Å²) in [6, 6.07) is -0.0117. The van der Waals surface area contributed by atoms with Gasteiger partial charge in [0.25, 0.3) is 0 Å². The molecule has 0 fully saturated rings. The minimum absolute atomic E-state index is 0.0117. The van der Waals surface area contributed by atoms with Gasteiger partial charge in [0.2, 0.25) is 0 Å². The van der Waals surface area contributed by atoms with Crippen molar-refractivity contribution < 1.29 is 17.0 Å². The lowest BCUT2D eigenvalue weighted by atomic mass is 10.7. The van der Waals surface area contributed by atoms with Gasteiger partial charge in [-0.2, -0.15) is 8.42 Å². The molecule has 0 spiro atoms. The topological polar surface area (TPSA) is 69.2 Å². The molecule has 0 aliphatic heterocycles. The number of nitrogens with zero attached hydrogens (tertiary/aromatic N) is 2. The molecule has 0 saturated carbocycles. The summed E-state index contributed by atoms with van der Waals surface area (Å²) in [6.07, 6.45) is 1.67. The highest BCUT2D eigenvalue weighted by Gasteiger charge is 2.12. The quantitative estimate of drug-likeness (QED) is 0.623. The molecule has 0 aliphatic rings. The first-order valence-electron chi connectivity index (χ1n) is 2.85. The number of hydrogen-bond donors (Lipinski definition) is 0. The number of halogens is 1. The third-order valence-corrected chi connectivity index (χ3v) is 1.84. The summed E-state index contributed by atoms with van der Waals surface area (Å²) in [5, 5.41) is 0. The second-order valence-electron chi connectivity index (χ2n) is 1.84. The third-order valence-electron chi connectivity index (χ3n) is 1.07. The molecular formula is C5H5FN2O3S. The molecule has 0 saturated heterocycles. The zero-order valence-electron chi connectivity index (χ0n) is 6.06. The molecule has 66 valence electrons. The molecule has 0 aromatic carbocycles. The van der Waals surface area contributed by atoms with E-state index in [1.54, 1.807) is 0 Å². The van der Waals surface area contributed by atoms with E-state index in [0.717, 1.165) is 12.4 Å². The number of hydrogen-bond acceptors (Lipinski definition) is 5. The molecule has 0 N–H and O–H groups in total. The summed E-state index contributed by atoms with van der Waals surface area (Å²) >= 11 is 0. The fourth-order valence-electron chi connectivity index (χ4n) is 0.536. The summed E-state index contributed by atoms with van der Waals surface area (Å²) in [7, 11) is -3.39. The second-order valence-corrected chi connectivity index (χ2v) is 3.19. The van der Waals surface area contributed by atoms with Crippen molar-refractivity contribution >= 4 is 10.2 Å². The maximum atomic E-state index is 12.2. The standard InChI is InChI=1S/C5H5FN2O3S/c1-11-5-7-2-4(3-8-5)12(6,9)10/h2-3H,1H3. The Morgan fingerprint density at radius 1 is 1.42 bits per heavy atom. The Morgan fingerprint density at radius 2 is 1.92 bits per heavy atom. The SMILES string of the molecule is COc1ncc(S(=O)(=O)F)cn1. The van der Waals surface area contributed by atoms with Crippen molar-refractivity contribution in [2.45, 2.75) is 4.90 Å². The van der Waals surface area contributed by atoms with Gasteiger partial charge in [0, 0.05) is 0 Å². The van der Waals surface area contributed by atoms with Gasteiger partial charge >= 0.3 is 16.2 Å². The van der Waals surface area contributed by atoms with Gasteiger partial charge in [0.05, 0.1) is 19.5 Å². The predicted molar refractivity (Wildman–Crippen MR) is 36.9 cm³/mol. The van der Waals surface area contributed by atoms with Crippen LogP contribution in [0.5, 0.6) is 6.01 Å². The lowest BCUT2D eigenvalue weighted by Crippen LogP contribution is -1.96. The Labute approximate surface area is 68.4 Å². The number of ether oxygens (including phenoxy) is 1. The maximum absolute atomic E-state index is 12.2. The van der Waals surface area contributed by atoms with Gasteiger partial charge in [0.1, 0.15) is 4.90 Å². The molecule has 1 aromatic heterocycles. The highest BCUT2D eigenvalue weighted by atomic mass is 32.3. The van der Waals surface area contributed by atoms with Crippen LogP contribution < -0.4 is 4.74 Å². The average molecular weight is 192 g/mol. The van der Waals surface area contributed by atoms with E-state index in [-0.39, 0.29) is 6.01 Å². The van der Waals surface area contributed by atoms with Crippen molar-refractivity contribution in [3.63, 3.8) is 0 Å². The van der Waals surface area contributed by atoms with Crippen LogP contribution in [-0.4, -0.2) is 25.5 Å². The molecule has 12 heavy (non-hydrogen) atoms. The first-order chi connectivity index (χ1) is 5.54. The van der Waals surface area contributed by atoms with Gasteiger partial charge in [-0.05, 0) is 0 Å². The van der Waals surface area contributed by atoms with Crippen molar-refractivity contribution in [1.29, 1.82) is 0 Å². The highest BCUT2D eigenvalue weighted by molar-refractivity contribution is 7.86. The lowest BCUT2D eigenvalue weighted by Gasteiger charge is -1.96. The largest absolute Gasteiger partial charge is 0.467 e. The second kappa shape index (κ2) is 3.02. The molecule has 0 aliphatic carbocycles. The van der Waals surface area contributed by atoms with Crippen LogP contribution in [0.4, 0.5) is 3.89 Å². The third kappa shape index (κ3) is 1.88. The van der Waals surface area contributed by atoms with Crippen molar-refractivity contribution in [3.05, 3.63) is 12.4 Å². The zero-order chi connectivity index (χ0) is 9.19. The van der Waals surface area contributed by atoms with E-state index in [0.29, 0.717) is 0 Å². The van der Waals surface area contributed by atoms with E-state index in [4.69, 9.17) is 0 Å². The van der Waals surface area contributed by atoms with Crippen LogP contribution in [0.1, 0.15) is 0 Å². The van der Waals surface area contributed by atoms with Crippen molar-refractivity contribution in [2.24, 2.45) is 0 Å². The summed E-state index contributed by atoms with van der Waals surface area (Å²) in [5.41, 5.74) is 0. The number of methoxy groups -OCH3 is 1. The van der Waals surface area contributed by atoms with Gasteiger partial charge in [-0.3, -0.25) is 0 Å². The van der Waals surface area contributed by atoms with E-state index < -0.39 is 15.1 Å². The molecule has 7 heteroatoms. The van der Waals surface area contributed by atoms with Gasteiger partial charge in [-0.25, -0.2) is 9.97 Å². The van der Waals surface area contributed by atoms with Crippen molar-refractivity contribution in [1.82, 2.24) is 9.97 Å². The van der Waals surface area contributed by atoms with E-state index in [9.17, 15) is 12.3 Å². The molecule has 0 atom stereocenters. The van der Waals surface area contributed by atoms with E-state index in [1.165, 1.54) is 7.11 Å². The number of aromatic nitrogens is 2. The minimum Gasteiger partial charge on any atom is -0.467 e. The predicted octanol–water partition coefficient (Wildman–Crippen LogP) is 0.143. The summed E-state index contributed by atoms with van der Waals surface area (Å²) in [6.45, 7) is 0. The van der Waals surface area contributed by atoms with E-state index in [1.807, 2.05) is 0 Å². The monoisotopic (exact) mass is 192 g/mol. The molecular weight excluding hydrogens is 187 g/mol. The molecule has 0 bridgehead atoms.